The summed E-state index contributed by atoms with van der Waals surface area (Å²) in [5.74, 6) is 1.59. The number of rotatable bonds is 4. The number of benzene rings is 1. The van der Waals surface area contributed by atoms with Gasteiger partial charge in [0.25, 0.3) is 0 Å². The monoisotopic (exact) mass is 232 g/mol. The van der Waals surface area contributed by atoms with Crippen LogP contribution in [0.5, 0.6) is 5.75 Å². The van der Waals surface area contributed by atoms with Gasteiger partial charge in [0, 0.05) is 13.6 Å². The topological polar surface area (TPSA) is 52.0 Å². The molecule has 1 heterocycles. The summed E-state index contributed by atoms with van der Waals surface area (Å²) < 4.78 is 7.19. The summed E-state index contributed by atoms with van der Waals surface area (Å²) >= 11 is 0. The maximum absolute atomic E-state index is 5.46. The Morgan fingerprint density at radius 1 is 1.41 bits per heavy atom. The number of anilines is 1. The molecule has 0 aliphatic rings. The number of hydrogen-bond acceptors (Lipinski definition) is 4. The molecule has 2 rings (SSSR count). The first-order valence-corrected chi connectivity index (χ1v) is 5.53. The molecule has 5 heteroatoms. The molecule has 0 amide bonds. The Labute approximate surface area is 100 Å². The fourth-order valence-corrected chi connectivity index (χ4v) is 1.80. The van der Waals surface area contributed by atoms with Gasteiger partial charge in [-0.1, -0.05) is 6.07 Å². The van der Waals surface area contributed by atoms with Crippen molar-refractivity contribution < 1.29 is 4.74 Å². The molecule has 1 aromatic heterocycles. The van der Waals surface area contributed by atoms with Crippen molar-refractivity contribution in [2.24, 2.45) is 7.05 Å². The Morgan fingerprint density at radius 2 is 2.24 bits per heavy atom. The third-order valence-electron chi connectivity index (χ3n) is 2.54. The summed E-state index contributed by atoms with van der Waals surface area (Å²) in [5, 5.41) is 7.34. The average Bonchev–Trinajstić information content (AvgIpc) is 2.75. The normalized spacial score (nSPS) is 10.3. The van der Waals surface area contributed by atoms with Crippen LogP contribution >= 0.6 is 0 Å². The maximum Gasteiger partial charge on any atom is 0.161 e. The van der Waals surface area contributed by atoms with Gasteiger partial charge in [0.15, 0.2) is 11.6 Å². The van der Waals surface area contributed by atoms with Crippen molar-refractivity contribution >= 4 is 5.69 Å². The molecule has 2 aromatic rings. The van der Waals surface area contributed by atoms with Crippen molar-refractivity contribution in [2.45, 2.75) is 6.92 Å². The van der Waals surface area contributed by atoms with E-state index in [4.69, 9.17) is 4.74 Å². The Hall–Kier alpha value is -2.04. The highest BCUT2D eigenvalue weighted by Gasteiger charge is 2.13. The summed E-state index contributed by atoms with van der Waals surface area (Å²) in [4.78, 5) is 4.24. The fraction of sp³-hybridized carbons (Fsp3) is 0.333. The molecule has 0 aliphatic heterocycles. The molecule has 17 heavy (non-hydrogen) atoms. The van der Waals surface area contributed by atoms with Crippen LogP contribution in [0.25, 0.3) is 11.4 Å². The third kappa shape index (κ3) is 2.08. The molecule has 0 saturated carbocycles. The van der Waals surface area contributed by atoms with Crippen LogP contribution in [0.1, 0.15) is 6.92 Å². The van der Waals surface area contributed by atoms with Gasteiger partial charge in [-0.3, -0.25) is 0 Å². The van der Waals surface area contributed by atoms with Crippen molar-refractivity contribution in [2.75, 3.05) is 19.0 Å². The van der Waals surface area contributed by atoms with E-state index in [1.54, 1.807) is 11.8 Å². The Morgan fingerprint density at radius 3 is 2.82 bits per heavy atom. The second kappa shape index (κ2) is 4.86. The van der Waals surface area contributed by atoms with Crippen LogP contribution < -0.4 is 10.1 Å². The lowest BCUT2D eigenvalue weighted by Gasteiger charge is -2.13. The molecule has 5 nitrogen and oxygen atoms in total. The van der Waals surface area contributed by atoms with E-state index in [9.17, 15) is 0 Å². The summed E-state index contributed by atoms with van der Waals surface area (Å²) in [7, 11) is 3.53. The second-order valence-electron chi connectivity index (χ2n) is 3.62. The standard InChI is InChI=1S/C12H16N4O/c1-4-13-10-7-5-6-9(11(10)17-3)12-14-8-15-16(12)2/h5-8,13H,4H2,1-3H3. The first-order chi connectivity index (χ1) is 8.27. The van der Waals surface area contributed by atoms with E-state index in [-0.39, 0.29) is 0 Å². The Balaban J connectivity index is 2.54. The highest BCUT2D eigenvalue weighted by atomic mass is 16.5. The van der Waals surface area contributed by atoms with E-state index in [0.29, 0.717) is 0 Å². The summed E-state index contributed by atoms with van der Waals surface area (Å²) in [6.07, 6.45) is 1.54. The molecule has 0 radical (unpaired) electrons. The summed E-state index contributed by atoms with van der Waals surface area (Å²) in [5.41, 5.74) is 1.90. The van der Waals surface area contributed by atoms with Gasteiger partial charge in [0.2, 0.25) is 0 Å². The fourth-order valence-electron chi connectivity index (χ4n) is 1.80. The molecular formula is C12H16N4O. The Kier molecular flexibility index (Phi) is 3.27. The van der Waals surface area contributed by atoms with Crippen molar-refractivity contribution in [1.29, 1.82) is 0 Å². The van der Waals surface area contributed by atoms with Gasteiger partial charge in [-0.05, 0) is 19.1 Å². The van der Waals surface area contributed by atoms with Crippen LogP contribution in [-0.4, -0.2) is 28.4 Å². The third-order valence-corrected chi connectivity index (χ3v) is 2.54. The predicted octanol–water partition coefficient (Wildman–Crippen LogP) is 1.92. The SMILES string of the molecule is CCNc1cccc(-c2ncnn2C)c1OC. The van der Waals surface area contributed by atoms with Crippen molar-refractivity contribution in [1.82, 2.24) is 14.8 Å². The number of aryl methyl sites for hydroxylation is 1. The van der Waals surface area contributed by atoms with Gasteiger partial charge in [-0.15, -0.1) is 0 Å². The van der Waals surface area contributed by atoms with Crippen LogP contribution in [-0.2, 0) is 7.05 Å². The van der Waals surface area contributed by atoms with Crippen molar-refractivity contribution in [3.8, 4) is 17.1 Å². The first kappa shape index (κ1) is 11.4. The molecular weight excluding hydrogens is 216 g/mol. The van der Waals surface area contributed by atoms with Crippen molar-refractivity contribution in [3.63, 3.8) is 0 Å². The number of nitrogens with one attached hydrogen (secondary N) is 1. The van der Waals surface area contributed by atoms with Gasteiger partial charge in [-0.25, -0.2) is 9.67 Å². The Bertz CT molecular complexity index is 507. The van der Waals surface area contributed by atoms with Crippen LogP contribution in [0.3, 0.4) is 0 Å². The smallest absolute Gasteiger partial charge is 0.161 e. The quantitative estimate of drug-likeness (QED) is 0.875. The van der Waals surface area contributed by atoms with E-state index in [1.165, 1.54) is 6.33 Å². The number of para-hydroxylation sites is 1. The molecule has 0 bridgehead atoms. The number of methoxy groups -OCH3 is 1. The van der Waals surface area contributed by atoms with Crippen LogP contribution in [0.15, 0.2) is 24.5 Å². The largest absolute Gasteiger partial charge is 0.494 e. The zero-order chi connectivity index (χ0) is 12.3. The zero-order valence-electron chi connectivity index (χ0n) is 10.3. The van der Waals surface area contributed by atoms with Gasteiger partial charge in [-0.2, -0.15) is 5.10 Å². The molecule has 0 spiro atoms. The number of nitrogens with zero attached hydrogens (tertiary/aromatic N) is 3. The van der Waals surface area contributed by atoms with Crippen molar-refractivity contribution in [3.05, 3.63) is 24.5 Å². The minimum Gasteiger partial charge on any atom is -0.494 e. The lowest BCUT2D eigenvalue weighted by atomic mass is 10.1. The molecule has 0 saturated heterocycles. The summed E-state index contributed by atoms with van der Waals surface area (Å²) in [6.45, 7) is 2.90. The van der Waals surface area contributed by atoms with Crippen LogP contribution in [0.2, 0.25) is 0 Å². The van der Waals surface area contributed by atoms with E-state index in [2.05, 4.69) is 22.3 Å². The van der Waals surface area contributed by atoms with E-state index in [0.717, 1.165) is 29.4 Å². The molecule has 0 unspecified atom stereocenters. The van der Waals surface area contributed by atoms with Crippen LogP contribution in [0, 0.1) is 0 Å². The second-order valence-corrected chi connectivity index (χ2v) is 3.62. The van der Waals surface area contributed by atoms with E-state index >= 15 is 0 Å². The first-order valence-electron chi connectivity index (χ1n) is 5.53. The molecule has 0 aliphatic carbocycles. The molecule has 0 fully saturated rings. The summed E-state index contributed by atoms with van der Waals surface area (Å²) in [6, 6.07) is 5.94. The maximum atomic E-state index is 5.46. The van der Waals surface area contributed by atoms with Gasteiger partial charge in [0.1, 0.15) is 6.33 Å². The van der Waals surface area contributed by atoms with Crippen LogP contribution in [0.4, 0.5) is 5.69 Å². The van der Waals surface area contributed by atoms with Gasteiger partial charge in [0.05, 0.1) is 18.4 Å². The van der Waals surface area contributed by atoms with Gasteiger partial charge >= 0.3 is 0 Å². The lowest BCUT2D eigenvalue weighted by Crippen LogP contribution is -2.02. The van der Waals surface area contributed by atoms with E-state index in [1.807, 2.05) is 25.2 Å². The number of ether oxygens (including phenoxy) is 1. The van der Waals surface area contributed by atoms with E-state index < -0.39 is 0 Å². The highest BCUT2D eigenvalue weighted by molar-refractivity contribution is 5.74. The minimum atomic E-state index is 0.793. The molecule has 1 N–H and O–H groups in total. The van der Waals surface area contributed by atoms with Gasteiger partial charge < -0.3 is 10.1 Å². The highest BCUT2D eigenvalue weighted by Crippen LogP contribution is 2.34. The zero-order valence-corrected chi connectivity index (χ0v) is 10.3. The molecule has 0 atom stereocenters. The molecule has 1 aromatic carbocycles. The average molecular weight is 232 g/mol. The number of aromatic nitrogens is 3. The lowest BCUT2D eigenvalue weighted by molar-refractivity contribution is 0.417. The minimum absolute atomic E-state index is 0.793. The predicted molar refractivity (Wildman–Crippen MR) is 67.2 cm³/mol. The molecule has 90 valence electrons. The number of hydrogen-bond donors (Lipinski definition) is 1.